The van der Waals surface area contributed by atoms with Crippen molar-refractivity contribution in [3.63, 3.8) is 0 Å². The molecule has 0 N–H and O–H groups in total. The highest BCUT2D eigenvalue weighted by Gasteiger charge is 2.45. The van der Waals surface area contributed by atoms with Crippen molar-refractivity contribution in [1.82, 2.24) is 14.7 Å². The first kappa shape index (κ1) is 36.6. The Morgan fingerprint density at radius 3 is 2.22 bits per heavy atom. The molecule has 11 rings (SSSR count). The van der Waals surface area contributed by atoms with Gasteiger partial charge in [-0.05, 0) is 104 Å². The van der Waals surface area contributed by atoms with Crippen LogP contribution in [0.4, 0.5) is 11.4 Å². The number of hydrogen-bond donors (Lipinski definition) is 0. The Balaban J connectivity index is 0.872. The first-order valence-corrected chi connectivity index (χ1v) is 21.8. The third kappa shape index (κ3) is 6.25. The molecule has 7 aliphatic rings. The van der Waals surface area contributed by atoms with Crippen LogP contribution in [0.25, 0.3) is 5.57 Å². The lowest BCUT2D eigenvalue weighted by atomic mass is 9.78. The van der Waals surface area contributed by atoms with Gasteiger partial charge in [-0.25, -0.2) is 0 Å². The van der Waals surface area contributed by atoms with Crippen LogP contribution >= 0.6 is 0 Å². The molecule has 1 fully saturated rings. The molecule has 1 saturated heterocycles. The van der Waals surface area contributed by atoms with Crippen LogP contribution in [0.3, 0.4) is 0 Å². The summed E-state index contributed by atoms with van der Waals surface area (Å²) >= 11 is 0. The second kappa shape index (κ2) is 15.0. The van der Waals surface area contributed by atoms with E-state index in [9.17, 15) is 0 Å². The minimum absolute atomic E-state index is 0.117. The van der Waals surface area contributed by atoms with Crippen molar-refractivity contribution in [2.75, 3.05) is 26.0 Å². The summed E-state index contributed by atoms with van der Waals surface area (Å²) in [4.78, 5) is 10.3. The van der Waals surface area contributed by atoms with Crippen LogP contribution in [-0.4, -0.2) is 54.2 Å². The van der Waals surface area contributed by atoms with Crippen molar-refractivity contribution in [1.29, 1.82) is 0 Å². The highest BCUT2D eigenvalue weighted by molar-refractivity contribution is 5.77. The number of hydrogen-bond acceptors (Lipinski definition) is 5. The minimum Gasteiger partial charge on any atom is -0.489 e. The second-order valence-corrected chi connectivity index (χ2v) is 17.6. The lowest BCUT2D eigenvalue weighted by Gasteiger charge is -2.56. The molecule has 7 atom stereocenters. The van der Waals surface area contributed by atoms with Crippen LogP contribution in [0.15, 0.2) is 180 Å². The van der Waals surface area contributed by atoms with Gasteiger partial charge in [0.05, 0.1) is 24.5 Å². The van der Waals surface area contributed by atoms with E-state index in [2.05, 4.69) is 199 Å². The smallest absolute Gasteiger partial charge is 0.128 e. The van der Waals surface area contributed by atoms with Crippen molar-refractivity contribution < 1.29 is 4.74 Å². The van der Waals surface area contributed by atoms with Crippen molar-refractivity contribution in [2.24, 2.45) is 0 Å². The second-order valence-electron chi connectivity index (χ2n) is 17.6. The van der Waals surface area contributed by atoms with Gasteiger partial charge in [-0.2, -0.15) is 0 Å². The van der Waals surface area contributed by atoms with Crippen molar-refractivity contribution in [3.8, 4) is 0 Å². The van der Waals surface area contributed by atoms with Crippen LogP contribution in [0.5, 0.6) is 0 Å². The molecule has 59 heavy (non-hydrogen) atoms. The summed E-state index contributed by atoms with van der Waals surface area (Å²) in [7, 11) is 6.93. The SMILES string of the molecule is CN1C(C2=CC=CCC2)N(C)C(c2cccc(C3C=CC4C(C3)c3ccccc3N4c3ccc(C4=CC=C5C6=C(CCC=C6)OC5C4)cc3)c2)N(C)C1c1ccccc1. The lowest BCUT2D eigenvalue weighted by molar-refractivity contribution is -0.137. The van der Waals surface area contributed by atoms with Gasteiger partial charge >= 0.3 is 0 Å². The molecule has 0 aromatic heterocycles. The molecule has 5 nitrogen and oxygen atoms in total. The van der Waals surface area contributed by atoms with E-state index >= 15 is 0 Å². The number of nitrogens with zero attached hydrogens (tertiary/aromatic N) is 4. The summed E-state index contributed by atoms with van der Waals surface area (Å²) in [6, 6.07) is 39.3. The van der Waals surface area contributed by atoms with Crippen LogP contribution in [0.2, 0.25) is 0 Å². The monoisotopic (exact) mass is 774 g/mol. The highest BCUT2D eigenvalue weighted by atomic mass is 16.5. The lowest BCUT2D eigenvalue weighted by Crippen LogP contribution is -2.60. The van der Waals surface area contributed by atoms with E-state index in [1.807, 2.05) is 0 Å². The first-order valence-electron chi connectivity index (χ1n) is 21.8. The Morgan fingerprint density at radius 2 is 1.39 bits per heavy atom. The van der Waals surface area contributed by atoms with E-state index in [1.54, 1.807) is 0 Å². The van der Waals surface area contributed by atoms with Crippen LogP contribution < -0.4 is 4.90 Å². The fourth-order valence-electron chi connectivity index (χ4n) is 11.6. The van der Waals surface area contributed by atoms with Gasteiger partial charge in [-0.15, -0.1) is 0 Å². The maximum atomic E-state index is 6.46. The number of para-hydroxylation sites is 1. The molecule has 5 heteroatoms. The van der Waals surface area contributed by atoms with Crippen LogP contribution in [0.1, 0.15) is 90.5 Å². The van der Waals surface area contributed by atoms with Gasteiger partial charge in [0.25, 0.3) is 0 Å². The zero-order valence-corrected chi connectivity index (χ0v) is 34.5. The van der Waals surface area contributed by atoms with E-state index < -0.39 is 0 Å². The fraction of sp³-hybridized carbons (Fsp3) is 0.296. The molecule has 0 radical (unpaired) electrons. The summed E-state index contributed by atoms with van der Waals surface area (Å²) in [5.74, 6) is 1.93. The van der Waals surface area contributed by atoms with Gasteiger partial charge in [0.2, 0.25) is 0 Å². The van der Waals surface area contributed by atoms with Gasteiger partial charge < -0.3 is 9.64 Å². The van der Waals surface area contributed by atoms with Gasteiger partial charge in [0.1, 0.15) is 11.9 Å². The number of benzene rings is 4. The Morgan fingerprint density at radius 1 is 0.644 bits per heavy atom. The first-order chi connectivity index (χ1) is 29.0. The number of fused-ring (bicyclic) bond motifs is 5. The van der Waals surface area contributed by atoms with E-state index in [-0.39, 0.29) is 30.6 Å². The average Bonchev–Trinajstić information content (AvgIpc) is 3.82. The number of ether oxygens (including phenoxy) is 1. The summed E-state index contributed by atoms with van der Waals surface area (Å²) in [5, 5.41) is 0. The van der Waals surface area contributed by atoms with Crippen LogP contribution in [-0.2, 0) is 4.74 Å². The van der Waals surface area contributed by atoms with Crippen LogP contribution in [0, 0.1) is 0 Å². The zero-order chi connectivity index (χ0) is 39.6. The van der Waals surface area contributed by atoms with E-state index in [0.717, 1.165) is 38.5 Å². The molecule has 0 spiro atoms. The predicted octanol–water partition coefficient (Wildman–Crippen LogP) is 11.9. The molecule has 296 valence electrons. The molecule has 0 amide bonds. The summed E-state index contributed by atoms with van der Waals surface area (Å²) in [6.45, 7) is 0. The third-order valence-corrected chi connectivity index (χ3v) is 14.2. The zero-order valence-electron chi connectivity index (χ0n) is 34.5. The Kier molecular flexibility index (Phi) is 9.29. The largest absolute Gasteiger partial charge is 0.489 e. The Bertz CT molecular complexity index is 2490. The minimum atomic E-state index is 0.117. The van der Waals surface area contributed by atoms with E-state index in [1.165, 1.54) is 67.2 Å². The molecule has 3 aliphatic heterocycles. The third-order valence-electron chi connectivity index (χ3n) is 14.2. The molecule has 4 aliphatic carbocycles. The normalized spacial score (nSPS) is 29.0. The van der Waals surface area contributed by atoms with Gasteiger partial charge in [-0.1, -0.05) is 140 Å². The molecular weight excluding hydrogens is 721 g/mol. The summed E-state index contributed by atoms with van der Waals surface area (Å²) in [6.07, 6.45) is 28.0. The van der Waals surface area contributed by atoms with E-state index in [4.69, 9.17) is 4.74 Å². The summed E-state index contributed by atoms with van der Waals surface area (Å²) in [5.41, 5.74) is 14.9. The molecular formula is C54H54N4O. The van der Waals surface area contributed by atoms with E-state index in [0.29, 0.717) is 11.8 Å². The quantitative estimate of drug-likeness (QED) is 0.182. The average molecular weight is 775 g/mol. The molecule has 7 unspecified atom stereocenters. The van der Waals surface area contributed by atoms with Gasteiger partial charge in [-0.3, -0.25) is 14.7 Å². The fourth-order valence-corrected chi connectivity index (χ4v) is 11.6. The van der Waals surface area contributed by atoms with Crippen molar-refractivity contribution >= 4 is 16.9 Å². The number of rotatable bonds is 6. The van der Waals surface area contributed by atoms with Crippen molar-refractivity contribution in [3.05, 3.63) is 208 Å². The predicted molar refractivity (Wildman–Crippen MR) is 241 cm³/mol. The maximum Gasteiger partial charge on any atom is 0.128 e. The Hall–Kier alpha value is -5.46. The number of likely N-dealkylation sites (N-methyl/N-ethyl adjacent to an activating group) is 2. The molecule has 4 aromatic carbocycles. The van der Waals surface area contributed by atoms with Gasteiger partial charge in [0.15, 0.2) is 0 Å². The standard InChI is InChI=1S/C54H54N4O/c1-55-52(37-15-6-4-7-16-37)56(2)54(57(3)53(55)38-17-8-5-9-18-38)42-20-14-19-39(33-42)40-28-32-49-47(34-40)44-21-10-12-23-48(44)58(49)43-29-25-36(26-30-43)41-27-31-46-45-22-11-13-24-50(45)59-51(46)35-41/h4-8,10-12,14-17,19-23,25-33,40,47,49,51-54H,9,13,18,24,34-35H2,1-3H3. The number of anilines is 2. The van der Waals surface area contributed by atoms with Gasteiger partial charge in [0, 0.05) is 47.2 Å². The molecule has 4 aromatic rings. The highest BCUT2D eigenvalue weighted by Crippen LogP contribution is 2.52. The summed E-state index contributed by atoms with van der Waals surface area (Å²) < 4.78 is 6.46. The Labute approximate surface area is 350 Å². The molecule has 0 bridgehead atoms. The molecule has 3 heterocycles. The number of allylic oxidation sites excluding steroid dienone is 9. The topological polar surface area (TPSA) is 22.2 Å². The molecule has 0 saturated carbocycles. The maximum absolute atomic E-state index is 6.46. The van der Waals surface area contributed by atoms with Crippen molar-refractivity contribution in [2.45, 2.75) is 81.0 Å².